The molecule has 4 N–H and O–H groups in total. The first kappa shape index (κ1) is 16.9. The third-order valence-corrected chi connectivity index (χ3v) is 3.67. The van der Waals surface area contributed by atoms with Gasteiger partial charge in [-0.3, -0.25) is 15.0 Å². The lowest BCUT2D eigenvalue weighted by molar-refractivity contribution is -0.121. The molecule has 0 saturated carbocycles. The van der Waals surface area contributed by atoms with Crippen LogP contribution in [-0.2, 0) is 4.79 Å². The summed E-state index contributed by atoms with van der Waals surface area (Å²) in [4.78, 5) is 25.3. The highest BCUT2D eigenvalue weighted by Gasteiger charge is 2.20. The van der Waals surface area contributed by atoms with Crippen LogP contribution < -0.4 is 16.4 Å². The van der Waals surface area contributed by atoms with E-state index in [-0.39, 0.29) is 12.5 Å². The summed E-state index contributed by atoms with van der Waals surface area (Å²) < 4.78 is 0. The molecule has 1 heterocycles. The third kappa shape index (κ3) is 6.86. The predicted octanol–water partition coefficient (Wildman–Crippen LogP) is 0.529. The van der Waals surface area contributed by atoms with Crippen LogP contribution in [0, 0.1) is 11.8 Å². The molecule has 1 rings (SSSR count). The molecular weight excluding hydrogens is 256 g/mol. The number of nitrogens with one attached hydrogen (secondary N) is 2. The number of hydrogen-bond donors (Lipinski definition) is 3. The number of carbonyl (C=O) groups is 2. The molecule has 3 amide bonds. The standard InChI is InChI=1S/C14H28N4O2/c1-11(2)3-6-16-14(20)17-13(19)10-18-7-4-12(9-15)5-8-18/h11-12H,3-10,15H2,1-2H3,(H2,16,17,19,20). The van der Waals surface area contributed by atoms with Gasteiger partial charge >= 0.3 is 6.03 Å². The van der Waals surface area contributed by atoms with Gasteiger partial charge in [0.05, 0.1) is 6.54 Å². The molecule has 0 atom stereocenters. The molecule has 116 valence electrons. The summed E-state index contributed by atoms with van der Waals surface area (Å²) >= 11 is 0. The van der Waals surface area contributed by atoms with E-state index in [9.17, 15) is 9.59 Å². The van der Waals surface area contributed by atoms with E-state index < -0.39 is 6.03 Å². The first-order valence-electron chi connectivity index (χ1n) is 7.51. The second kappa shape index (κ2) is 8.92. The Morgan fingerprint density at radius 3 is 2.50 bits per heavy atom. The van der Waals surface area contributed by atoms with Crippen molar-refractivity contribution in [2.45, 2.75) is 33.1 Å². The van der Waals surface area contributed by atoms with Crippen molar-refractivity contribution in [3.8, 4) is 0 Å². The van der Waals surface area contributed by atoms with Crippen LogP contribution >= 0.6 is 0 Å². The summed E-state index contributed by atoms with van der Waals surface area (Å²) in [5.41, 5.74) is 5.63. The molecule has 6 nitrogen and oxygen atoms in total. The smallest absolute Gasteiger partial charge is 0.321 e. The summed E-state index contributed by atoms with van der Waals surface area (Å²) in [5, 5.41) is 5.06. The second-order valence-corrected chi connectivity index (χ2v) is 5.94. The molecule has 0 aromatic carbocycles. The third-order valence-electron chi connectivity index (χ3n) is 3.67. The van der Waals surface area contributed by atoms with Crippen molar-refractivity contribution < 1.29 is 9.59 Å². The molecular formula is C14H28N4O2. The maximum atomic E-state index is 11.7. The van der Waals surface area contributed by atoms with Crippen molar-refractivity contribution in [1.29, 1.82) is 0 Å². The SMILES string of the molecule is CC(C)CCNC(=O)NC(=O)CN1CCC(CN)CC1. The zero-order valence-electron chi connectivity index (χ0n) is 12.7. The lowest BCUT2D eigenvalue weighted by Crippen LogP contribution is -2.46. The quantitative estimate of drug-likeness (QED) is 0.664. The summed E-state index contributed by atoms with van der Waals surface area (Å²) in [6, 6.07) is -0.396. The van der Waals surface area contributed by atoms with Crippen LogP contribution in [0.1, 0.15) is 33.1 Å². The van der Waals surface area contributed by atoms with Crippen LogP contribution in [0.25, 0.3) is 0 Å². The van der Waals surface area contributed by atoms with Crippen LogP contribution in [-0.4, -0.2) is 49.6 Å². The molecule has 1 aliphatic rings. The monoisotopic (exact) mass is 284 g/mol. The molecule has 20 heavy (non-hydrogen) atoms. The summed E-state index contributed by atoms with van der Waals surface area (Å²) in [5.74, 6) is 0.877. The number of amides is 3. The number of carbonyl (C=O) groups excluding carboxylic acids is 2. The van der Waals surface area contributed by atoms with Crippen LogP contribution in [0.5, 0.6) is 0 Å². The zero-order valence-corrected chi connectivity index (χ0v) is 12.7. The van der Waals surface area contributed by atoms with Crippen molar-refractivity contribution >= 4 is 11.9 Å². The van der Waals surface area contributed by atoms with Crippen molar-refractivity contribution in [1.82, 2.24) is 15.5 Å². The van der Waals surface area contributed by atoms with Gasteiger partial charge in [-0.25, -0.2) is 4.79 Å². The molecule has 6 heteroatoms. The average molecular weight is 284 g/mol. The van der Waals surface area contributed by atoms with E-state index in [1.165, 1.54) is 0 Å². The maximum Gasteiger partial charge on any atom is 0.321 e. The first-order chi connectivity index (χ1) is 9.51. The number of hydrogen-bond acceptors (Lipinski definition) is 4. The Balaban J connectivity index is 2.15. The largest absolute Gasteiger partial charge is 0.338 e. The van der Waals surface area contributed by atoms with E-state index in [2.05, 4.69) is 29.4 Å². The van der Waals surface area contributed by atoms with E-state index >= 15 is 0 Å². The molecule has 0 bridgehead atoms. The van der Waals surface area contributed by atoms with Crippen molar-refractivity contribution in [3.05, 3.63) is 0 Å². The number of nitrogens with zero attached hydrogens (tertiary/aromatic N) is 1. The van der Waals surface area contributed by atoms with Crippen LogP contribution in [0.4, 0.5) is 4.79 Å². The number of rotatable bonds is 6. The number of nitrogens with two attached hydrogens (primary N) is 1. The van der Waals surface area contributed by atoms with Crippen molar-refractivity contribution in [3.63, 3.8) is 0 Å². The fourth-order valence-electron chi connectivity index (χ4n) is 2.27. The van der Waals surface area contributed by atoms with Gasteiger partial charge in [0.15, 0.2) is 0 Å². The van der Waals surface area contributed by atoms with Gasteiger partial charge in [-0.05, 0) is 50.7 Å². The number of imide groups is 1. The fraction of sp³-hybridized carbons (Fsp3) is 0.857. The normalized spacial score (nSPS) is 17.2. The predicted molar refractivity (Wildman–Crippen MR) is 79.2 cm³/mol. The summed E-state index contributed by atoms with van der Waals surface area (Å²) in [6.45, 7) is 7.55. The lowest BCUT2D eigenvalue weighted by atomic mass is 9.97. The molecule has 1 saturated heterocycles. The zero-order chi connectivity index (χ0) is 15.0. The molecule has 0 aromatic rings. The Kier molecular flexibility index (Phi) is 7.54. The van der Waals surface area contributed by atoms with Crippen LogP contribution in [0.15, 0.2) is 0 Å². The Morgan fingerprint density at radius 2 is 1.95 bits per heavy atom. The number of piperidine rings is 1. The van der Waals surface area contributed by atoms with Gasteiger partial charge in [0.2, 0.25) is 5.91 Å². The van der Waals surface area contributed by atoms with Gasteiger partial charge in [0, 0.05) is 6.54 Å². The van der Waals surface area contributed by atoms with E-state index in [0.717, 1.165) is 38.9 Å². The number of urea groups is 1. The van der Waals surface area contributed by atoms with E-state index in [0.29, 0.717) is 18.4 Å². The van der Waals surface area contributed by atoms with Crippen molar-refractivity contribution in [2.75, 3.05) is 32.7 Å². The minimum Gasteiger partial charge on any atom is -0.338 e. The fourth-order valence-corrected chi connectivity index (χ4v) is 2.27. The van der Waals surface area contributed by atoms with E-state index in [1.54, 1.807) is 0 Å². The summed E-state index contributed by atoms with van der Waals surface area (Å²) in [7, 11) is 0. The first-order valence-corrected chi connectivity index (χ1v) is 7.51. The van der Waals surface area contributed by atoms with E-state index in [4.69, 9.17) is 5.73 Å². The average Bonchev–Trinajstić information content (AvgIpc) is 2.38. The molecule has 0 unspecified atom stereocenters. The highest BCUT2D eigenvalue weighted by Crippen LogP contribution is 2.14. The van der Waals surface area contributed by atoms with Crippen molar-refractivity contribution in [2.24, 2.45) is 17.6 Å². The van der Waals surface area contributed by atoms with Gasteiger partial charge in [0.1, 0.15) is 0 Å². The van der Waals surface area contributed by atoms with Gasteiger partial charge in [-0.1, -0.05) is 13.8 Å². The molecule has 1 fully saturated rings. The Labute approximate surface area is 121 Å². The van der Waals surface area contributed by atoms with Crippen LogP contribution in [0.2, 0.25) is 0 Å². The van der Waals surface area contributed by atoms with Gasteiger partial charge < -0.3 is 11.1 Å². The van der Waals surface area contributed by atoms with Gasteiger partial charge in [-0.2, -0.15) is 0 Å². The Hall–Kier alpha value is -1.14. The Morgan fingerprint density at radius 1 is 1.30 bits per heavy atom. The van der Waals surface area contributed by atoms with Gasteiger partial charge in [-0.15, -0.1) is 0 Å². The molecule has 0 aliphatic carbocycles. The lowest BCUT2D eigenvalue weighted by Gasteiger charge is -2.30. The maximum absolute atomic E-state index is 11.7. The van der Waals surface area contributed by atoms with E-state index in [1.807, 2.05) is 0 Å². The molecule has 0 spiro atoms. The topological polar surface area (TPSA) is 87.5 Å². The minimum absolute atomic E-state index is 0.238. The molecule has 0 radical (unpaired) electrons. The summed E-state index contributed by atoms with van der Waals surface area (Å²) in [6.07, 6.45) is 2.98. The van der Waals surface area contributed by atoms with Gasteiger partial charge in [0.25, 0.3) is 0 Å². The van der Waals surface area contributed by atoms with Crippen LogP contribution in [0.3, 0.4) is 0 Å². The minimum atomic E-state index is -0.396. The Bertz CT molecular complexity index is 312. The highest BCUT2D eigenvalue weighted by molar-refractivity contribution is 5.95. The highest BCUT2D eigenvalue weighted by atomic mass is 16.2. The molecule has 0 aromatic heterocycles. The second-order valence-electron chi connectivity index (χ2n) is 5.94. The number of likely N-dealkylation sites (tertiary alicyclic amines) is 1. The molecule has 1 aliphatic heterocycles.